The van der Waals surface area contributed by atoms with Crippen molar-refractivity contribution in [2.75, 3.05) is 33.4 Å². The molecule has 0 aliphatic carbocycles. The first-order chi connectivity index (χ1) is 8.04. The summed E-state index contributed by atoms with van der Waals surface area (Å²) in [6.07, 6.45) is 2.60. The monoisotopic (exact) mass is 244 g/mol. The highest BCUT2D eigenvalue weighted by molar-refractivity contribution is 4.96. The van der Waals surface area contributed by atoms with Gasteiger partial charge in [0.05, 0.1) is 18.8 Å². The summed E-state index contributed by atoms with van der Waals surface area (Å²) in [6.45, 7) is 9.47. The third-order valence-electron chi connectivity index (χ3n) is 3.76. The highest BCUT2D eigenvalue weighted by atomic mass is 16.5. The molecule has 2 N–H and O–H groups in total. The Balaban J connectivity index is 2.59. The Labute approximate surface area is 105 Å². The predicted octanol–water partition coefficient (Wildman–Crippen LogP) is 1.24. The molecule has 1 aliphatic heterocycles. The zero-order chi connectivity index (χ0) is 12.9. The molecule has 2 unspecified atom stereocenters. The van der Waals surface area contributed by atoms with Crippen LogP contribution >= 0.6 is 0 Å². The second-order valence-corrected chi connectivity index (χ2v) is 5.21. The number of hydrogen-bond donors (Lipinski definition) is 1. The number of ether oxygens (including phenoxy) is 2. The Bertz CT molecular complexity index is 213. The Hall–Kier alpha value is -0.160. The second-order valence-electron chi connectivity index (χ2n) is 5.21. The number of nitrogens with zero attached hydrogens (tertiary/aromatic N) is 1. The van der Waals surface area contributed by atoms with Crippen molar-refractivity contribution in [2.24, 2.45) is 5.73 Å². The van der Waals surface area contributed by atoms with Gasteiger partial charge < -0.3 is 15.2 Å². The van der Waals surface area contributed by atoms with Crippen molar-refractivity contribution in [1.82, 2.24) is 4.90 Å². The molecule has 2 atom stereocenters. The van der Waals surface area contributed by atoms with Crippen molar-refractivity contribution in [3.63, 3.8) is 0 Å². The summed E-state index contributed by atoms with van der Waals surface area (Å²) in [5, 5.41) is 0. The van der Waals surface area contributed by atoms with Gasteiger partial charge in [-0.2, -0.15) is 0 Å². The number of rotatable bonds is 6. The molecule has 1 heterocycles. The first kappa shape index (κ1) is 14.9. The minimum absolute atomic E-state index is 0.0776. The van der Waals surface area contributed by atoms with Crippen LogP contribution < -0.4 is 5.73 Å². The first-order valence-corrected chi connectivity index (χ1v) is 6.68. The van der Waals surface area contributed by atoms with E-state index in [1.54, 1.807) is 0 Å². The van der Waals surface area contributed by atoms with Crippen LogP contribution in [-0.2, 0) is 9.47 Å². The van der Waals surface area contributed by atoms with Crippen LogP contribution in [0.1, 0.15) is 33.6 Å². The van der Waals surface area contributed by atoms with E-state index in [0.717, 1.165) is 32.6 Å². The number of nitrogens with two attached hydrogens (primary N) is 1. The van der Waals surface area contributed by atoms with Crippen molar-refractivity contribution in [3.8, 4) is 0 Å². The van der Waals surface area contributed by atoms with Crippen LogP contribution in [0.4, 0.5) is 0 Å². The summed E-state index contributed by atoms with van der Waals surface area (Å²) in [5.74, 6) is 0. The van der Waals surface area contributed by atoms with Crippen LogP contribution in [-0.4, -0.2) is 56.0 Å². The second kappa shape index (κ2) is 6.69. The third kappa shape index (κ3) is 3.91. The molecule has 0 aromatic carbocycles. The Morgan fingerprint density at radius 3 is 2.41 bits per heavy atom. The van der Waals surface area contributed by atoms with E-state index in [9.17, 15) is 0 Å². The molecular formula is C13H28N2O2. The van der Waals surface area contributed by atoms with Crippen LogP contribution in [0.3, 0.4) is 0 Å². The fourth-order valence-electron chi connectivity index (χ4n) is 2.86. The molecule has 0 aromatic heterocycles. The highest BCUT2D eigenvalue weighted by Gasteiger charge is 2.40. The topological polar surface area (TPSA) is 47.7 Å². The van der Waals surface area contributed by atoms with Gasteiger partial charge in [-0.15, -0.1) is 0 Å². The molecular weight excluding hydrogens is 216 g/mol. The molecule has 1 rings (SSSR count). The molecule has 4 nitrogen and oxygen atoms in total. The van der Waals surface area contributed by atoms with Crippen LogP contribution in [0.5, 0.6) is 0 Å². The normalized spacial score (nSPS) is 34.2. The average molecular weight is 244 g/mol. The zero-order valence-corrected chi connectivity index (χ0v) is 11.7. The molecule has 4 heteroatoms. The van der Waals surface area contributed by atoms with Crippen molar-refractivity contribution in [3.05, 3.63) is 0 Å². The minimum atomic E-state index is 0.0776. The third-order valence-corrected chi connectivity index (χ3v) is 3.76. The molecule has 0 radical (unpaired) electrons. The molecule has 0 saturated carbocycles. The molecule has 0 amide bonds. The predicted molar refractivity (Wildman–Crippen MR) is 70.2 cm³/mol. The summed E-state index contributed by atoms with van der Waals surface area (Å²) in [5.41, 5.74) is 6.11. The summed E-state index contributed by atoms with van der Waals surface area (Å²) < 4.78 is 11.2. The lowest BCUT2D eigenvalue weighted by Gasteiger charge is -2.48. The Morgan fingerprint density at radius 1 is 1.35 bits per heavy atom. The Morgan fingerprint density at radius 2 is 1.94 bits per heavy atom. The van der Waals surface area contributed by atoms with Gasteiger partial charge >= 0.3 is 0 Å². The van der Waals surface area contributed by atoms with Crippen molar-refractivity contribution in [2.45, 2.75) is 51.4 Å². The smallest absolute Gasteiger partial charge is 0.0593 e. The van der Waals surface area contributed by atoms with Crippen LogP contribution in [0.2, 0.25) is 0 Å². The lowest BCUT2D eigenvalue weighted by atomic mass is 9.83. The molecule has 1 aliphatic rings. The first-order valence-electron chi connectivity index (χ1n) is 6.68. The molecule has 1 saturated heterocycles. The van der Waals surface area contributed by atoms with Gasteiger partial charge in [0.1, 0.15) is 0 Å². The van der Waals surface area contributed by atoms with Gasteiger partial charge in [-0.05, 0) is 40.7 Å². The standard InChI is InChI=1S/C13H28N2O2/c1-5-16-7-6-15(4)13(10-14)8-11(2)17-12(3)9-13/h11-12H,5-10,14H2,1-4H3. The highest BCUT2D eigenvalue weighted by Crippen LogP contribution is 2.32. The van der Waals surface area contributed by atoms with Gasteiger partial charge in [0.15, 0.2) is 0 Å². The van der Waals surface area contributed by atoms with Crippen molar-refractivity contribution < 1.29 is 9.47 Å². The van der Waals surface area contributed by atoms with Gasteiger partial charge in [-0.25, -0.2) is 0 Å². The van der Waals surface area contributed by atoms with Crippen LogP contribution in [0.25, 0.3) is 0 Å². The summed E-state index contributed by atoms with van der Waals surface area (Å²) in [6, 6.07) is 0. The van der Waals surface area contributed by atoms with E-state index in [-0.39, 0.29) is 17.7 Å². The maximum atomic E-state index is 6.03. The van der Waals surface area contributed by atoms with Gasteiger partial charge in [-0.3, -0.25) is 4.90 Å². The molecule has 0 spiro atoms. The van der Waals surface area contributed by atoms with Gasteiger partial charge in [0, 0.05) is 25.2 Å². The maximum Gasteiger partial charge on any atom is 0.0593 e. The minimum Gasteiger partial charge on any atom is -0.380 e. The van der Waals surface area contributed by atoms with Crippen molar-refractivity contribution >= 4 is 0 Å². The summed E-state index contributed by atoms with van der Waals surface area (Å²) in [4.78, 5) is 2.36. The fraction of sp³-hybridized carbons (Fsp3) is 1.00. The van der Waals surface area contributed by atoms with E-state index < -0.39 is 0 Å². The quantitative estimate of drug-likeness (QED) is 0.714. The van der Waals surface area contributed by atoms with E-state index >= 15 is 0 Å². The van der Waals surface area contributed by atoms with E-state index in [2.05, 4.69) is 25.8 Å². The lowest BCUT2D eigenvalue weighted by Crippen LogP contribution is -2.59. The summed E-state index contributed by atoms with van der Waals surface area (Å²) >= 11 is 0. The SMILES string of the molecule is CCOCCN(C)C1(CN)CC(C)OC(C)C1. The number of hydrogen-bond acceptors (Lipinski definition) is 4. The maximum absolute atomic E-state index is 6.03. The zero-order valence-electron chi connectivity index (χ0n) is 11.7. The Kier molecular flexibility index (Phi) is 5.86. The largest absolute Gasteiger partial charge is 0.380 e. The van der Waals surface area contributed by atoms with Gasteiger partial charge in [-0.1, -0.05) is 0 Å². The lowest BCUT2D eigenvalue weighted by molar-refractivity contribution is -0.100. The van der Waals surface area contributed by atoms with E-state index in [1.807, 2.05) is 6.92 Å². The molecule has 17 heavy (non-hydrogen) atoms. The van der Waals surface area contributed by atoms with Gasteiger partial charge in [0.2, 0.25) is 0 Å². The molecule has 102 valence electrons. The molecule has 0 bridgehead atoms. The van der Waals surface area contributed by atoms with Crippen molar-refractivity contribution in [1.29, 1.82) is 0 Å². The van der Waals surface area contributed by atoms with Gasteiger partial charge in [0.25, 0.3) is 0 Å². The fourth-order valence-corrected chi connectivity index (χ4v) is 2.86. The number of likely N-dealkylation sites (N-methyl/N-ethyl adjacent to an activating group) is 1. The average Bonchev–Trinajstić information content (AvgIpc) is 2.27. The van der Waals surface area contributed by atoms with E-state index in [4.69, 9.17) is 15.2 Å². The van der Waals surface area contributed by atoms with E-state index in [0.29, 0.717) is 6.54 Å². The van der Waals surface area contributed by atoms with Crippen LogP contribution in [0.15, 0.2) is 0 Å². The molecule has 1 fully saturated rings. The molecule has 0 aromatic rings. The summed E-state index contributed by atoms with van der Waals surface area (Å²) in [7, 11) is 2.15. The van der Waals surface area contributed by atoms with Crippen LogP contribution in [0, 0.1) is 0 Å². The van der Waals surface area contributed by atoms with E-state index in [1.165, 1.54) is 0 Å².